The van der Waals surface area contributed by atoms with Gasteiger partial charge in [0.25, 0.3) is 0 Å². The molecule has 0 aromatic carbocycles. The van der Waals surface area contributed by atoms with Crippen LogP contribution in [0.5, 0.6) is 0 Å². The maximum atomic E-state index is 5.96. The van der Waals surface area contributed by atoms with Gasteiger partial charge in [0.1, 0.15) is 5.15 Å². The largest absolute Gasteiger partial charge is 0.318 e. The second kappa shape index (κ2) is 8.19. The lowest BCUT2D eigenvalue weighted by molar-refractivity contribution is 0.540. The molecule has 2 N–H and O–H groups in total. The molecule has 0 saturated heterocycles. The lowest BCUT2D eigenvalue weighted by Gasteiger charge is -2.04. The highest BCUT2D eigenvalue weighted by atomic mass is 35.5. The minimum absolute atomic E-state index is 0.475. The molecule has 0 spiro atoms. The Morgan fingerprint density at radius 2 is 2.00 bits per heavy atom. The SMILES string of the molecule is CNCCNCCCn1cc(-c2cnc3ccc(Cl)nc3c2)cn1. The highest BCUT2D eigenvalue weighted by Crippen LogP contribution is 2.22. The fourth-order valence-corrected chi connectivity index (χ4v) is 2.63. The first kappa shape index (κ1) is 16.8. The minimum Gasteiger partial charge on any atom is -0.318 e. The van der Waals surface area contributed by atoms with Crippen LogP contribution in [0.1, 0.15) is 6.42 Å². The van der Waals surface area contributed by atoms with Gasteiger partial charge in [0.15, 0.2) is 0 Å². The van der Waals surface area contributed by atoms with Crippen LogP contribution in [-0.4, -0.2) is 46.4 Å². The van der Waals surface area contributed by atoms with Crippen LogP contribution in [0.15, 0.2) is 36.8 Å². The Labute approximate surface area is 146 Å². The molecule has 3 aromatic heterocycles. The third-order valence-corrected chi connectivity index (χ3v) is 3.97. The summed E-state index contributed by atoms with van der Waals surface area (Å²) >= 11 is 5.96. The molecule has 3 heterocycles. The van der Waals surface area contributed by atoms with E-state index in [0.29, 0.717) is 5.15 Å². The number of rotatable bonds is 8. The number of halogens is 1. The molecule has 0 saturated carbocycles. The summed E-state index contributed by atoms with van der Waals surface area (Å²) in [4.78, 5) is 8.75. The Bertz CT molecular complexity index is 801. The van der Waals surface area contributed by atoms with E-state index >= 15 is 0 Å². The summed E-state index contributed by atoms with van der Waals surface area (Å²) < 4.78 is 1.96. The Kier molecular flexibility index (Phi) is 5.74. The Balaban J connectivity index is 1.62. The first-order valence-electron chi connectivity index (χ1n) is 8.07. The second-order valence-corrected chi connectivity index (χ2v) is 5.98. The van der Waals surface area contributed by atoms with Crippen molar-refractivity contribution in [3.63, 3.8) is 0 Å². The van der Waals surface area contributed by atoms with E-state index in [4.69, 9.17) is 11.6 Å². The lowest BCUT2D eigenvalue weighted by Crippen LogP contribution is -2.26. The third-order valence-electron chi connectivity index (χ3n) is 3.76. The zero-order valence-electron chi connectivity index (χ0n) is 13.7. The second-order valence-electron chi connectivity index (χ2n) is 5.60. The maximum absolute atomic E-state index is 5.96. The molecule has 0 fully saturated rings. The molecular formula is C17H21ClN6. The van der Waals surface area contributed by atoms with E-state index in [2.05, 4.69) is 25.7 Å². The Morgan fingerprint density at radius 1 is 1.08 bits per heavy atom. The van der Waals surface area contributed by atoms with Crippen LogP contribution in [-0.2, 0) is 6.54 Å². The normalized spacial score (nSPS) is 11.2. The predicted molar refractivity (Wildman–Crippen MR) is 97.2 cm³/mol. The zero-order valence-corrected chi connectivity index (χ0v) is 14.4. The van der Waals surface area contributed by atoms with Crippen molar-refractivity contribution in [1.82, 2.24) is 30.4 Å². The molecule has 24 heavy (non-hydrogen) atoms. The summed E-state index contributed by atoms with van der Waals surface area (Å²) in [7, 11) is 1.96. The van der Waals surface area contributed by atoms with Crippen molar-refractivity contribution >= 4 is 22.6 Å². The van der Waals surface area contributed by atoms with Gasteiger partial charge < -0.3 is 10.6 Å². The van der Waals surface area contributed by atoms with Gasteiger partial charge in [-0.2, -0.15) is 5.10 Å². The Hall–Kier alpha value is -2.02. The van der Waals surface area contributed by atoms with Crippen LogP contribution in [0.4, 0.5) is 0 Å². The van der Waals surface area contributed by atoms with Gasteiger partial charge in [-0.05, 0) is 38.2 Å². The fraction of sp³-hybridized carbons (Fsp3) is 0.353. The van der Waals surface area contributed by atoms with Gasteiger partial charge in [0, 0.05) is 43.2 Å². The van der Waals surface area contributed by atoms with Crippen LogP contribution in [0.25, 0.3) is 22.2 Å². The van der Waals surface area contributed by atoms with Crippen LogP contribution >= 0.6 is 11.6 Å². The molecule has 0 amide bonds. The van der Waals surface area contributed by atoms with E-state index in [1.54, 1.807) is 6.07 Å². The van der Waals surface area contributed by atoms with Crippen molar-refractivity contribution in [2.45, 2.75) is 13.0 Å². The molecule has 0 unspecified atom stereocenters. The topological polar surface area (TPSA) is 67.7 Å². The maximum Gasteiger partial charge on any atom is 0.129 e. The van der Waals surface area contributed by atoms with Gasteiger partial charge in [-0.25, -0.2) is 4.98 Å². The number of aryl methyl sites for hydroxylation is 1. The van der Waals surface area contributed by atoms with E-state index < -0.39 is 0 Å². The first-order chi connectivity index (χ1) is 11.8. The number of likely N-dealkylation sites (N-methyl/N-ethyl adjacent to an activating group) is 1. The number of hydrogen-bond donors (Lipinski definition) is 2. The number of pyridine rings is 2. The molecule has 126 valence electrons. The molecule has 0 aliphatic rings. The molecule has 0 atom stereocenters. The highest BCUT2D eigenvalue weighted by Gasteiger charge is 2.05. The van der Waals surface area contributed by atoms with Crippen LogP contribution in [0, 0.1) is 0 Å². The zero-order chi connectivity index (χ0) is 16.8. The van der Waals surface area contributed by atoms with E-state index in [9.17, 15) is 0 Å². The monoisotopic (exact) mass is 344 g/mol. The van der Waals surface area contributed by atoms with Gasteiger partial charge in [-0.1, -0.05) is 11.6 Å². The molecule has 0 bridgehead atoms. The molecule has 0 radical (unpaired) electrons. The van der Waals surface area contributed by atoms with Crippen molar-refractivity contribution in [3.05, 3.63) is 41.9 Å². The molecule has 0 aliphatic carbocycles. The summed E-state index contributed by atoms with van der Waals surface area (Å²) in [5.41, 5.74) is 3.66. The average molecular weight is 345 g/mol. The van der Waals surface area contributed by atoms with Gasteiger partial charge in [-0.3, -0.25) is 9.67 Å². The van der Waals surface area contributed by atoms with Gasteiger partial charge in [0.05, 0.1) is 17.2 Å². The molecule has 6 nitrogen and oxygen atoms in total. The summed E-state index contributed by atoms with van der Waals surface area (Å²) in [6, 6.07) is 5.62. The van der Waals surface area contributed by atoms with E-state index in [1.807, 2.05) is 42.5 Å². The first-order valence-corrected chi connectivity index (χ1v) is 8.44. The van der Waals surface area contributed by atoms with Crippen LogP contribution in [0.2, 0.25) is 5.15 Å². The molecule has 3 aromatic rings. The smallest absolute Gasteiger partial charge is 0.129 e. The summed E-state index contributed by atoms with van der Waals surface area (Å²) in [5.74, 6) is 0. The Morgan fingerprint density at radius 3 is 2.88 bits per heavy atom. The van der Waals surface area contributed by atoms with Crippen LogP contribution in [0.3, 0.4) is 0 Å². The number of aromatic nitrogens is 4. The molecule has 0 aliphatic heterocycles. The number of nitrogens with one attached hydrogen (secondary N) is 2. The minimum atomic E-state index is 0.475. The fourth-order valence-electron chi connectivity index (χ4n) is 2.48. The van der Waals surface area contributed by atoms with Crippen molar-refractivity contribution in [3.8, 4) is 11.1 Å². The van der Waals surface area contributed by atoms with Crippen molar-refractivity contribution in [2.75, 3.05) is 26.7 Å². The summed E-state index contributed by atoms with van der Waals surface area (Å²) in [6.07, 6.45) is 6.79. The molecule has 3 rings (SSSR count). The van der Waals surface area contributed by atoms with E-state index in [0.717, 1.165) is 54.8 Å². The van der Waals surface area contributed by atoms with Crippen LogP contribution < -0.4 is 10.6 Å². The summed E-state index contributed by atoms with van der Waals surface area (Å²) in [5, 5.41) is 11.4. The summed E-state index contributed by atoms with van der Waals surface area (Å²) in [6.45, 7) is 3.84. The van der Waals surface area contributed by atoms with E-state index in [1.165, 1.54) is 0 Å². The van der Waals surface area contributed by atoms with Crippen molar-refractivity contribution in [2.24, 2.45) is 0 Å². The standard InChI is InChI=1S/C17H21ClN6/c1-19-6-7-20-5-2-8-24-12-14(11-22-24)13-9-16-15(21-10-13)3-4-17(18)23-16/h3-4,9-12,19-20H,2,5-8H2,1H3. The van der Waals surface area contributed by atoms with Gasteiger partial charge in [-0.15, -0.1) is 0 Å². The van der Waals surface area contributed by atoms with E-state index in [-0.39, 0.29) is 0 Å². The van der Waals surface area contributed by atoms with Gasteiger partial charge >= 0.3 is 0 Å². The molecule has 7 heteroatoms. The number of hydrogen-bond acceptors (Lipinski definition) is 5. The quantitative estimate of drug-likeness (QED) is 0.485. The third kappa shape index (κ3) is 4.29. The molecular weight excluding hydrogens is 324 g/mol. The average Bonchev–Trinajstić information content (AvgIpc) is 3.06. The highest BCUT2D eigenvalue weighted by molar-refractivity contribution is 6.29. The number of nitrogens with zero attached hydrogens (tertiary/aromatic N) is 4. The van der Waals surface area contributed by atoms with Gasteiger partial charge in [0.2, 0.25) is 0 Å². The number of fused-ring (bicyclic) bond motifs is 1. The lowest BCUT2D eigenvalue weighted by atomic mass is 10.1. The van der Waals surface area contributed by atoms with Crippen molar-refractivity contribution in [1.29, 1.82) is 0 Å². The predicted octanol–water partition coefficient (Wildman–Crippen LogP) is 2.35. The van der Waals surface area contributed by atoms with Crippen molar-refractivity contribution < 1.29 is 0 Å².